The largest absolute Gasteiger partial charge is 0.445 e. The summed E-state index contributed by atoms with van der Waals surface area (Å²) in [6, 6.07) is 9.85. The van der Waals surface area contributed by atoms with Gasteiger partial charge < -0.3 is 9.64 Å². The van der Waals surface area contributed by atoms with Crippen molar-refractivity contribution in [3.8, 4) is 0 Å². The van der Waals surface area contributed by atoms with Gasteiger partial charge in [-0.1, -0.05) is 30.3 Å². The van der Waals surface area contributed by atoms with Crippen LogP contribution in [0, 0.1) is 11.8 Å². The predicted octanol–water partition coefficient (Wildman–Crippen LogP) is 3.06. The fourth-order valence-electron chi connectivity index (χ4n) is 3.17. The van der Waals surface area contributed by atoms with E-state index < -0.39 is 0 Å². The van der Waals surface area contributed by atoms with Gasteiger partial charge in [0.1, 0.15) is 6.61 Å². The minimum absolute atomic E-state index is 0.143. The molecule has 0 aromatic heterocycles. The van der Waals surface area contributed by atoms with Gasteiger partial charge in [-0.05, 0) is 36.7 Å². The van der Waals surface area contributed by atoms with Gasteiger partial charge in [0.25, 0.3) is 0 Å². The summed E-state index contributed by atoms with van der Waals surface area (Å²) in [4.78, 5) is 13.9. The van der Waals surface area contributed by atoms with Gasteiger partial charge in [-0.25, -0.2) is 4.79 Å². The summed E-state index contributed by atoms with van der Waals surface area (Å²) >= 11 is 0. The number of benzene rings is 1. The van der Waals surface area contributed by atoms with E-state index >= 15 is 0 Å². The summed E-state index contributed by atoms with van der Waals surface area (Å²) in [6.07, 6.45) is 3.73. The topological polar surface area (TPSA) is 29.5 Å². The monoisotopic (exact) mass is 245 g/mol. The fourth-order valence-corrected chi connectivity index (χ4v) is 3.17. The van der Waals surface area contributed by atoms with Gasteiger partial charge in [-0.3, -0.25) is 0 Å². The number of carbonyl (C=O) groups excluding carboxylic acids is 1. The molecule has 1 aromatic rings. The van der Waals surface area contributed by atoms with E-state index in [4.69, 9.17) is 4.74 Å². The van der Waals surface area contributed by atoms with Crippen LogP contribution >= 0.6 is 0 Å². The lowest BCUT2D eigenvalue weighted by Crippen LogP contribution is -2.41. The minimum atomic E-state index is -0.143. The molecule has 1 saturated carbocycles. The first kappa shape index (κ1) is 11.6. The standard InChI is InChI=1S/C15H19NO2/c17-15(18-11-12-4-2-1-3-5-12)16-9-13-6-7-14(8-13)10-16/h1-5,13-14H,6-11H2. The molecule has 3 heteroatoms. The Balaban J connectivity index is 1.53. The van der Waals surface area contributed by atoms with Crippen molar-refractivity contribution < 1.29 is 9.53 Å². The highest BCUT2D eigenvalue weighted by molar-refractivity contribution is 5.67. The molecular weight excluding hydrogens is 226 g/mol. The van der Waals surface area contributed by atoms with E-state index in [0.29, 0.717) is 18.4 Å². The van der Waals surface area contributed by atoms with E-state index in [2.05, 4.69) is 0 Å². The first-order valence-corrected chi connectivity index (χ1v) is 6.77. The van der Waals surface area contributed by atoms with Gasteiger partial charge in [0.2, 0.25) is 0 Å². The van der Waals surface area contributed by atoms with E-state index in [0.717, 1.165) is 18.7 Å². The third-order valence-corrected chi connectivity index (χ3v) is 4.07. The predicted molar refractivity (Wildman–Crippen MR) is 69.0 cm³/mol. The van der Waals surface area contributed by atoms with Crippen molar-refractivity contribution in [1.29, 1.82) is 0 Å². The van der Waals surface area contributed by atoms with Crippen LogP contribution in [0.15, 0.2) is 30.3 Å². The van der Waals surface area contributed by atoms with Gasteiger partial charge in [0.05, 0.1) is 0 Å². The molecule has 0 radical (unpaired) electrons. The molecule has 1 aliphatic heterocycles. The molecule has 2 atom stereocenters. The van der Waals surface area contributed by atoms with E-state index in [1.54, 1.807) is 0 Å². The molecule has 2 bridgehead atoms. The summed E-state index contributed by atoms with van der Waals surface area (Å²) in [6.45, 7) is 2.17. The van der Waals surface area contributed by atoms with Crippen molar-refractivity contribution in [2.24, 2.45) is 11.8 Å². The second-order valence-electron chi connectivity index (χ2n) is 5.49. The number of hydrogen-bond acceptors (Lipinski definition) is 2. The van der Waals surface area contributed by atoms with Crippen LogP contribution < -0.4 is 0 Å². The molecule has 2 unspecified atom stereocenters. The Kier molecular flexibility index (Phi) is 3.22. The molecule has 1 heterocycles. The zero-order valence-corrected chi connectivity index (χ0v) is 10.5. The number of ether oxygens (including phenoxy) is 1. The number of amides is 1. The zero-order valence-electron chi connectivity index (χ0n) is 10.5. The minimum Gasteiger partial charge on any atom is -0.445 e. The molecule has 0 N–H and O–H groups in total. The lowest BCUT2D eigenvalue weighted by molar-refractivity contribution is 0.0769. The Morgan fingerprint density at radius 2 is 1.83 bits per heavy atom. The van der Waals surface area contributed by atoms with Crippen molar-refractivity contribution in [2.75, 3.05) is 13.1 Å². The molecule has 96 valence electrons. The maximum Gasteiger partial charge on any atom is 0.410 e. The first-order chi connectivity index (χ1) is 8.81. The Hall–Kier alpha value is -1.51. The van der Waals surface area contributed by atoms with Crippen LogP contribution in [-0.2, 0) is 11.3 Å². The summed E-state index contributed by atoms with van der Waals surface area (Å²) in [5.74, 6) is 1.43. The smallest absolute Gasteiger partial charge is 0.410 e. The van der Waals surface area contributed by atoms with Crippen molar-refractivity contribution in [1.82, 2.24) is 4.90 Å². The first-order valence-electron chi connectivity index (χ1n) is 6.77. The molecule has 2 fully saturated rings. The third-order valence-electron chi connectivity index (χ3n) is 4.07. The number of piperidine rings is 1. The number of rotatable bonds is 2. The van der Waals surface area contributed by atoms with E-state index in [1.165, 1.54) is 19.3 Å². The molecular formula is C15H19NO2. The Morgan fingerprint density at radius 3 is 2.50 bits per heavy atom. The van der Waals surface area contributed by atoms with Crippen LogP contribution in [0.3, 0.4) is 0 Å². The molecule has 0 spiro atoms. The maximum absolute atomic E-state index is 12.0. The highest BCUT2D eigenvalue weighted by Gasteiger charge is 2.35. The molecule has 18 heavy (non-hydrogen) atoms. The number of likely N-dealkylation sites (tertiary alicyclic amines) is 1. The van der Waals surface area contributed by atoms with E-state index in [9.17, 15) is 4.79 Å². The highest BCUT2D eigenvalue weighted by atomic mass is 16.6. The molecule has 2 aliphatic rings. The quantitative estimate of drug-likeness (QED) is 0.801. The number of carbonyl (C=O) groups is 1. The van der Waals surface area contributed by atoms with Crippen molar-refractivity contribution in [2.45, 2.75) is 25.9 Å². The molecule has 1 saturated heterocycles. The van der Waals surface area contributed by atoms with Crippen molar-refractivity contribution >= 4 is 6.09 Å². The molecule has 3 nitrogen and oxygen atoms in total. The van der Waals surface area contributed by atoms with Crippen LogP contribution in [0.25, 0.3) is 0 Å². The summed E-state index contributed by atoms with van der Waals surface area (Å²) in [5.41, 5.74) is 1.05. The van der Waals surface area contributed by atoms with Crippen LogP contribution in [0.4, 0.5) is 4.79 Å². The molecule has 1 aromatic carbocycles. The number of nitrogens with zero attached hydrogens (tertiary/aromatic N) is 1. The van der Waals surface area contributed by atoms with Gasteiger partial charge in [0, 0.05) is 13.1 Å². The van der Waals surface area contributed by atoms with Crippen LogP contribution in [0.1, 0.15) is 24.8 Å². The third kappa shape index (κ3) is 2.50. The molecule has 3 rings (SSSR count). The average molecular weight is 245 g/mol. The van der Waals surface area contributed by atoms with Crippen molar-refractivity contribution in [3.63, 3.8) is 0 Å². The van der Waals surface area contributed by atoms with Gasteiger partial charge in [-0.15, -0.1) is 0 Å². The Bertz CT molecular complexity index is 406. The second kappa shape index (κ2) is 5.01. The van der Waals surface area contributed by atoms with Gasteiger partial charge >= 0.3 is 6.09 Å². The molecule has 1 aliphatic carbocycles. The summed E-state index contributed by atoms with van der Waals surface area (Å²) in [5, 5.41) is 0. The van der Waals surface area contributed by atoms with Crippen LogP contribution in [0.2, 0.25) is 0 Å². The Morgan fingerprint density at radius 1 is 1.17 bits per heavy atom. The fraction of sp³-hybridized carbons (Fsp3) is 0.533. The number of hydrogen-bond donors (Lipinski definition) is 0. The summed E-state index contributed by atoms with van der Waals surface area (Å²) in [7, 11) is 0. The van der Waals surface area contributed by atoms with Crippen molar-refractivity contribution in [3.05, 3.63) is 35.9 Å². The van der Waals surface area contributed by atoms with Gasteiger partial charge in [0.15, 0.2) is 0 Å². The van der Waals surface area contributed by atoms with E-state index in [-0.39, 0.29) is 6.09 Å². The summed E-state index contributed by atoms with van der Waals surface area (Å²) < 4.78 is 5.38. The van der Waals surface area contributed by atoms with E-state index in [1.807, 2.05) is 35.2 Å². The zero-order chi connectivity index (χ0) is 12.4. The lowest BCUT2D eigenvalue weighted by atomic mass is 9.99. The average Bonchev–Trinajstić information content (AvgIpc) is 2.76. The highest BCUT2D eigenvalue weighted by Crippen LogP contribution is 2.36. The second-order valence-corrected chi connectivity index (χ2v) is 5.49. The SMILES string of the molecule is O=C(OCc1ccccc1)N1CC2CCC(C2)C1. The van der Waals surface area contributed by atoms with Gasteiger partial charge in [-0.2, -0.15) is 0 Å². The maximum atomic E-state index is 12.0. The normalized spacial score (nSPS) is 26.1. The van der Waals surface area contributed by atoms with Crippen LogP contribution in [0.5, 0.6) is 0 Å². The lowest BCUT2D eigenvalue weighted by Gasteiger charge is -2.30. The molecule has 1 amide bonds. The van der Waals surface area contributed by atoms with Crippen LogP contribution in [-0.4, -0.2) is 24.1 Å². The number of fused-ring (bicyclic) bond motifs is 2. The Labute approximate surface area is 108 Å².